The summed E-state index contributed by atoms with van der Waals surface area (Å²) in [5.41, 5.74) is 4.17. The number of likely N-dealkylation sites (N-methyl/N-ethyl adjacent to an activating group) is 1. The minimum Gasteiger partial charge on any atom is -0.369 e. The molecule has 1 heterocycles. The number of rotatable bonds is 1. The van der Waals surface area contributed by atoms with Gasteiger partial charge < -0.3 is 9.80 Å². The molecule has 15 heavy (non-hydrogen) atoms. The molecular formula is C13H20N2. The number of hydrogen-bond acceptors (Lipinski definition) is 2. The van der Waals surface area contributed by atoms with Crippen molar-refractivity contribution in [3.63, 3.8) is 0 Å². The van der Waals surface area contributed by atoms with E-state index in [4.69, 9.17) is 0 Å². The topological polar surface area (TPSA) is 6.48 Å². The lowest BCUT2D eigenvalue weighted by Crippen LogP contribution is -2.44. The van der Waals surface area contributed by atoms with Gasteiger partial charge in [-0.1, -0.05) is 17.7 Å². The van der Waals surface area contributed by atoms with Crippen molar-refractivity contribution in [2.45, 2.75) is 13.8 Å². The van der Waals surface area contributed by atoms with Crippen molar-refractivity contribution in [1.82, 2.24) is 4.90 Å². The van der Waals surface area contributed by atoms with Gasteiger partial charge in [0.2, 0.25) is 0 Å². The molecule has 0 spiro atoms. The summed E-state index contributed by atoms with van der Waals surface area (Å²) < 4.78 is 0. The number of piperazine rings is 1. The molecule has 1 aromatic carbocycles. The van der Waals surface area contributed by atoms with E-state index in [1.54, 1.807) is 0 Å². The predicted octanol–water partition coefficient (Wildman–Crippen LogP) is 2.06. The van der Waals surface area contributed by atoms with Gasteiger partial charge in [-0.3, -0.25) is 0 Å². The number of nitrogens with zero attached hydrogens (tertiary/aromatic N) is 2. The molecule has 0 radical (unpaired) electrons. The second kappa shape index (κ2) is 4.23. The van der Waals surface area contributed by atoms with Gasteiger partial charge in [0.1, 0.15) is 0 Å². The largest absolute Gasteiger partial charge is 0.369 e. The fraction of sp³-hybridized carbons (Fsp3) is 0.538. The molecule has 0 aliphatic carbocycles. The third kappa shape index (κ3) is 2.32. The highest BCUT2D eigenvalue weighted by molar-refractivity contribution is 5.54. The van der Waals surface area contributed by atoms with E-state index in [0.717, 1.165) is 13.1 Å². The number of aryl methyl sites for hydroxylation is 2. The van der Waals surface area contributed by atoms with Crippen LogP contribution in [0.1, 0.15) is 11.1 Å². The van der Waals surface area contributed by atoms with Crippen LogP contribution in [0.25, 0.3) is 0 Å². The summed E-state index contributed by atoms with van der Waals surface area (Å²) in [7, 11) is 2.19. The van der Waals surface area contributed by atoms with Gasteiger partial charge in [0.05, 0.1) is 0 Å². The summed E-state index contributed by atoms with van der Waals surface area (Å²) in [5, 5.41) is 0. The first-order chi connectivity index (χ1) is 7.16. The Morgan fingerprint density at radius 2 is 1.67 bits per heavy atom. The van der Waals surface area contributed by atoms with E-state index in [1.807, 2.05) is 0 Å². The molecule has 0 bridgehead atoms. The van der Waals surface area contributed by atoms with Crippen LogP contribution >= 0.6 is 0 Å². The monoisotopic (exact) mass is 204 g/mol. The molecular weight excluding hydrogens is 184 g/mol. The molecule has 0 atom stereocenters. The van der Waals surface area contributed by atoms with Crippen molar-refractivity contribution in [2.24, 2.45) is 0 Å². The molecule has 82 valence electrons. The highest BCUT2D eigenvalue weighted by Crippen LogP contribution is 2.21. The van der Waals surface area contributed by atoms with Crippen molar-refractivity contribution < 1.29 is 0 Å². The molecule has 2 rings (SSSR count). The smallest absolute Gasteiger partial charge is 0.0396 e. The average Bonchev–Trinajstić information content (AvgIpc) is 2.20. The number of benzene rings is 1. The Labute approximate surface area is 92.5 Å². The molecule has 1 fully saturated rings. The Morgan fingerprint density at radius 3 is 2.27 bits per heavy atom. The Morgan fingerprint density at radius 1 is 1.00 bits per heavy atom. The highest BCUT2D eigenvalue weighted by Gasteiger charge is 2.15. The van der Waals surface area contributed by atoms with Crippen molar-refractivity contribution >= 4 is 5.69 Å². The van der Waals surface area contributed by atoms with Gasteiger partial charge >= 0.3 is 0 Å². The average molecular weight is 204 g/mol. The molecule has 1 saturated heterocycles. The molecule has 1 aromatic rings. The molecule has 0 saturated carbocycles. The van der Waals surface area contributed by atoms with Gasteiger partial charge in [0.15, 0.2) is 0 Å². The summed E-state index contributed by atoms with van der Waals surface area (Å²) in [5.74, 6) is 0. The summed E-state index contributed by atoms with van der Waals surface area (Å²) >= 11 is 0. The zero-order valence-electron chi connectivity index (χ0n) is 9.95. The second-order valence-electron chi connectivity index (χ2n) is 4.58. The molecule has 2 heteroatoms. The SMILES string of the molecule is Cc1ccc(N2CCN(C)CC2)c(C)c1. The summed E-state index contributed by atoms with van der Waals surface area (Å²) in [6.07, 6.45) is 0. The zero-order valence-corrected chi connectivity index (χ0v) is 9.95. The number of anilines is 1. The van der Waals surface area contributed by atoms with E-state index in [0.29, 0.717) is 0 Å². The van der Waals surface area contributed by atoms with Crippen LogP contribution in [0.3, 0.4) is 0 Å². The van der Waals surface area contributed by atoms with Crippen molar-refractivity contribution in [3.8, 4) is 0 Å². The first kappa shape index (κ1) is 10.5. The van der Waals surface area contributed by atoms with Crippen LogP contribution in [0, 0.1) is 13.8 Å². The quantitative estimate of drug-likeness (QED) is 0.691. The van der Waals surface area contributed by atoms with Gasteiger partial charge in [-0.2, -0.15) is 0 Å². The van der Waals surface area contributed by atoms with Crippen LogP contribution in [-0.4, -0.2) is 38.1 Å². The first-order valence-corrected chi connectivity index (χ1v) is 5.67. The van der Waals surface area contributed by atoms with Crippen LogP contribution in [0.15, 0.2) is 18.2 Å². The maximum Gasteiger partial charge on any atom is 0.0396 e. The fourth-order valence-electron chi connectivity index (χ4n) is 2.21. The molecule has 2 nitrogen and oxygen atoms in total. The molecule has 0 unspecified atom stereocenters. The number of hydrogen-bond donors (Lipinski definition) is 0. The van der Waals surface area contributed by atoms with Gasteiger partial charge in [0.25, 0.3) is 0 Å². The molecule has 0 amide bonds. The van der Waals surface area contributed by atoms with Gasteiger partial charge in [-0.25, -0.2) is 0 Å². The van der Waals surface area contributed by atoms with Gasteiger partial charge in [0, 0.05) is 31.9 Å². The van der Waals surface area contributed by atoms with E-state index in [9.17, 15) is 0 Å². The summed E-state index contributed by atoms with van der Waals surface area (Å²) in [6, 6.07) is 6.74. The lowest BCUT2D eigenvalue weighted by molar-refractivity contribution is 0.312. The second-order valence-corrected chi connectivity index (χ2v) is 4.58. The van der Waals surface area contributed by atoms with Crippen molar-refractivity contribution in [1.29, 1.82) is 0 Å². The maximum atomic E-state index is 2.49. The van der Waals surface area contributed by atoms with Crippen LogP contribution in [0.4, 0.5) is 5.69 Å². The summed E-state index contributed by atoms with van der Waals surface area (Å²) in [6.45, 7) is 9.02. The Bertz CT molecular complexity index is 338. The molecule has 1 aliphatic heterocycles. The van der Waals surface area contributed by atoms with E-state index < -0.39 is 0 Å². The van der Waals surface area contributed by atoms with Crippen LogP contribution < -0.4 is 4.90 Å². The van der Waals surface area contributed by atoms with E-state index >= 15 is 0 Å². The lowest BCUT2D eigenvalue weighted by Gasteiger charge is -2.35. The normalized spacial score (nSPS) is 18.2. The van der Waals surface area contributed by atoms with Crippen LogP contribution in [0.2, 0.25) is 0 Å². The standard InChI is InChI=1S/C13H20N2/c1-11-4-5-13(12(2)10-11)15-8-6-14(3)7-9-15/h4-5,10H,6-9H2,1-3H3. The summed E-state index contributed by atoms with van der Waals surface area (Å²) in [4.78, 5) is 4.88. The minimum atomic E-state index is 1.15. The third-order valence-corrected chi connectivity index (χ3v) is 3.20. The Kier molecular flexibility index (Phi) is 2.96. The fourth-order valence-corrected chi connectivity index (χ4v) is 2.21. The molecule has 0 N–H and O–H groups in total. The predicted molar refractivity (Wildman–Crippen MR) is 65.6 cm³/mol. The van der Waals surface area contributed by atoms with Gasteiger partial charge in [-0.15, -0.1) is 0 Å². The lowest BCUT2D eigenvalue weighted by atomic mass is 10.1. The van der Waals surface area contributed by atoms with Crippen molar-refractivity contribution in [3.05, 3.63) is 29.3 Å². The van der Waals surface area contributed by atoms with E-state index in [1.165, 1.54) is 29.9 Å². The third-order valence-electron chi connectivity index (χ3n) is 3.20. The first-order valence-electron chi connectivity index (χ1n) is 5.67. The minimum absolute atomic E-state index is 1.15. The maximum absolute atomic E-state index is 2.49. The van der Waals surface area contributed by atoms with E-state index in [2.05, 4.69) is 48.9 Å². The highest BCUT2D eigenvalue weighted by atomic mass is 15.2. The van der Waals surface area contributed by atoms with E-state index in [-0.39, 0.29) is 0 Å². The van der Waals surface area contributed by atoms with Crippen molar-refractivity contribution in [2.75, 3.05) is 38.1 Å². The Hall–Kier alpha value is -1.02. The van der Waals surface area contributed by atoms with Crippen LogP contribution in [0.5, 0.6) is 0 Å². The molecule has 0 aromatic heterocycles. The molecule has 1 aliphatic rings. The van der Waals surface area contributed by atoms with Crippen LogP contribution in [-0.2, 0) is 0 Å². The zero-order chi connectivity index (χ0) is 10.8. The van der Waals surface area contributed by atoms with Gasteiger partial charge in [-0.05, 0) is 32.5 Å². The Balaban J connectivity index is 2.15.